The predicted molar refractivity (Wildman–Crippen MR) is 122 cm³/mol. The molecule has 1 saturated heterocycles. The van der Waals surface area contributed by atoms with Crippen LogP contribution in [0.1, 0.15) is 39.2 Å². The van der Waals surface area contributed by atoms with Crippen molar-refractivity contribution in [3.63, 3.8) is 0 Å². The van der Waals surface area contributed by atoms with E-state index in [-0.39, 0.29) is 5.91 Å². The van der Waals surface area contributed by atoms with Crippen molar-refractivity contribution in [2.24, 2.45) is 0 Å². The first-order valence-electron chi connectivity index (χ1n) is 10.1. The number of carbonyl (C=O) groups is 1. The molecule has 4 rings (SSSR count). The molecule has 1 amide bonds. The molecule has 1 aliphatic rings. The standard InChI is InChI=1S/C24H26N2OS2/c27-24(22-11-3-4-12-23(22)29-18-21-10-7-15-28-21)25-16-19-8-1-2-9-20(19)17-26-13-5-6-14-26/h1-4,7-12,15H,5-6,13-14,16-18H2,(H,25,27). The Bertz CT molecular complexity index is 934. The first-order valence-corrected chi connectivity index (χ1v) is 12.0. The molecule has 0 saturated carbocycles. The van der Waals surface area contributed by atoms with Gasteiger partial charge in [-0.3, -0.25) is 9.69 Å². The van der Waals surface area contributed by atoms with Crippen LogP contribution in [-0.2, 0) is 18.8 Å². The molecule has 150 valence electrons. The first kappa shape index (κ1) is 20.2. The van der Waals surface area contributed by atoms with Crippen LogP contribution in [-0.4, -0.2) is 23.9 Å². The highest BCUT2D eigenvalue weighted by Gasteiger charge is 2.15. The minimum atomic E-state index is -0.00439. The molecule has 1 N–H and O–H groups in total. The van der Waals surface area contributed by atoms with E-state index >= 15 is 0 Å². The molecule has 29 heavy (non-hydrogen) atoms. The second-order valence-electron chi connectivity index (χ2n) is 7.30. The van der Waals surface area contributed by atoms with Gasteiger partial charge in [0.15, 0.2) is 0 Å². The van der Waals surface area contributed by atoms with Crippen LogP contribution in [0.3, 0.4) is 0 Å². The molecule has 1 fully saturated rings. The average molecular weight is 423 g/mol. The first-order chi connectivity index (χ1) is 14.3. The monoisotopic (exact) mass is 422 g/mol. The summed E-state index contributed by atoms with van der Waals surface area (Å²) in [6.45, 7) is 3.89. The van der Waals surface area contributed by atoms with Crippen molar-refractivity contribution >= 4 is 29.0 Å². The normalized spacial score (nSPS) is 14.2. The molecule has 0 radical (unpaired) electrons. The number of amides is 1. The second-order valence-corrected chi connectivity index (χ2v) is 9.35. The third kappa shape index (κ3) is 5.50. The van der Waals surface area contributed by atoms with Gasteiger partial charge in [0.05, 0.1) is 5.56 Å². The van der Waals surface area contributed by atoms with Crippen molar-refractivity contribution in [2.75, 3.05) is 13.1 Å². The van der Waals surface area contributed by atoms with Gasteiger partial charge in [-0.1, -0.05) is 42.5 Å². The Labute approximate surface area is 181 Å². The van der Waals surface area contributed by atoms with Crippen LogP contribution in [0.5, 0.6) is 0 Å². The number of hydrogen-bond donors (Lipinski definition) is 1. The SMILES string of the molecule is O=C(NCc1ccccc1CN1CCCC1)c1ccccc1SCc1cccs1. The highest BCUT2D eigenvalue weighted by atomic mass is 32.2. The van der Waals surface area contributed by atoms with E-state index in [4.69, 9.17) is 0 Å². The van der Waals surface area contributed by atoms with Gasteiger partial charge >= 0.3 is 0 Å². The fourth-order valence-corrected chi connectivity index (χ4v) is 5.48. The van der Waals surface area contributed by atoms with Crippen molar-refractivity contribution in [1.82, 2.24) is 10.2 Å². The maximum absolute atomic E-state index is 12.9. The van der Waals surface area contributed by atoms with E-state index in [1.807, 2.05) is 24.3 Å². The molecule has 3 nitrogen and oxygen atoms in total. The fourth-order valence-electron chi connectivity index (χ4n) is 3.66. The largest absolute Gasteiger partial charge is 0.348 e. The quantitative estimate of drug-likeness (QED) is 0.482. The summed E-state index contributed by atoms with van der Waals surface area (Å²) in [6.07, 6.45) is 2.58. The predicted octanol–water partition coefficient (Wildman–Crippen LogP) is 5.57. The van der Waals surface area contributed by atoms with Gasteiger partial charge in [0.25, 0.3) is 5.91 Å². The smallest absolute Gasteiger partial charge is 0.252 e. The third-order valence-corrected chi connectivity index (χ3v) is 7.41. The number of benzene rings is 2. The number of likely N-dealkylation sites (tertiary alicyclic amines) is 1. The van der Waals surface area contributed by atoms with E-state index in [1.54, 1.807) is 23.1 Å². The van der Waals surface area contributed by atoms with Crippen LogP contribution < -0.4 is 5.32 Å². The number of rotatable bonds is 8. The molecule has 1 aromatic heterocycles. The number of nitrogens with one attached hydrogen (secondary N) is 1. The highest BCUT2D eigenvalue weighted by molar-refractivity contribution is 7.98. The Balaban J connectivity index is 1.40. The Morgan fingerprint density at radius 1 is 0.966 bits per heavy atom. The Morgan fingerprint density at radius 2 is 1.72 bits per heavy atom. The van der Waals surface area contributed by atoms with Crippen LogP contribution in [0.4, 0.5) is 0 Å². The van der Waals surface area contributed by atoms with Gasteiger partial charge in [-0.15, -0.1) is 23.1 Å². The summed E-state index contributed by atoms with van der Waals surface area (Å²) in [5.41, 5.74) is 3.28. The second kappa shape index (κ2) is 10.1. The molecule has 0 atom stereocenters. The molecule has 3 aromatic rings. The lowest BCUT2D eigenvalue weighted by molar-refractivity contribution is 0.0948. The minimum Gasteiger partial charge on any atom is -0.348 e. The molecule has 5 heteroatoms. The molecule has 0 bridgehead atoms. The van der Waals surface area contributed by atoms with Gasteiger partial charge in [0.1, 0.15) is 0 Å². The zero-order chi connectivity index (χ0) is 19.9. The summed E-state index contributed by atoms with van der Waals surface area (Å²) < 4.78 is 0. The summed E-state index contributed by atoms with van der Waals surface area (Å²) in [7, 11) is 0. The maximum Gasteiger partial charge on any atom is 0.252 e. The van der Waals surface area contributed by atoms with Gasteiger partial charge in [-0.05, 0) is 60.6 Å². The van der Waals surface area contributed by atoms with Gasteiger partial charge in [-0.25, -0.2) is 0 Å². The van der Waals surface area contributed by atoms with E-state index in [0.29, 0.717) is 6.54 Å². The molecule has 2 heterocycles. The zero-order valence-corrected chi connectivity index (χ0v) is 18.1. The summed E-state index contributed by atoms with van der Waals surface area (Å²) >= 11 is 3.48. The van der Waals surface area contributed by atoms with E-state index in [9.17, 15) is 4.79 Å². The lowest BCUT2D eigenvalue weighted by atomic mass is 10.1. The minimum absolute atomic E-state index is 0.00439. The van der Waals surface area contributed by atoms with Crippen molar-refractivity contribution in [3.05, 3.63) is 87.6 Å². The molecular formula is C24H26N2OS2. The maximum atomic E-state index is 12.9. The fraction of sp³-hybridized carbons (Fsp3) is 0.292. The molecule has 0 unspecified atom stereocenters. The molecule has 0 aliphatic carbocycles. The molecule has 1 aliphatic heterocycles. The van der Waals surface area contributed by atoms with E-state index < -0.39 is 0 Å². The number of nitrogens with zero attached hydrogens (tertiary/aromatic N) is 1. The van der Waals surface area contributed by atoms with Crippen molar-refractivity contribution in [2.45, 2.75) is 36.6 Å². The summed E-state index contributed by atoms with van der Waals surface area (Å²) in [6, 6.07) is 20.6. The lowest BCUT2D eigenvalue weighted by Crippen LogP contribution is -2.25. The van der Waals surface area contributed by atoms with E-state index in [1.165, 1.54) is 41.9 Å². The van der Waals surface area contributed by atoms with Crippen LogP contribution in [0.25, 0.3) is 0 Å². The summed E-state index contributed by atoms with van der Waals surface area (Å²) in [4.78, 5) is 17.8. The zero-order valence-electron chi connectivity index (χ0n) is 16.5. The van der Waals surface area contributed by atoms with Gasteiger partial charge in [0, 0.05) is 28.6 Å². The Hall–Kier alpha value is -2.08. The average Bonchev–Trinajstić information content (AvgIpc) is 3.46. The Kier molecular flexibility index (Phi) is 7.04. The van der Waals surface area contributed by atoms with Crippen molar-refractivity contribution in [1.29, 1.82) is 0 Å². The Morgan fingerprint density at radius 3 is 2.52 bits per heavy atom. The van der Waals surface area contributed by atoms with Crippen LogP contribution in [0.2, 0.25) is 0 Å². The van der Waals surface area contributed by atoms with Gasteiger partial charge in [-0.2, -0.15) is 0 Å². The topological polar surface area (TPSA) is 32.3 Å². The lowest BCUT2D eigenvalue weighted by Gasteiger charge is -2.18. The third-order valence-electron chi connectivity index (χ3n) is 5.23. The van der Waals surface area contributed by atoms with Gasteiger partial charge < -0.3 is 5.32 Å². The van der Waals surface area contributed by atoms with Gasteiger partial charge in [0.2, 0.25) is 0 Å². The van der Waals surface area contributed by atoms with E-state index in [2.05, 4.69) is 52.0 Å². The van der Waals surface area contributed by atoms with E-state index in [0.717, 1.165) is 22.8 Å². The summed E-state index contributed by atoms with van der Waals surface area (Å²) in [5.74, 6) is 0.885. The number of thioether (sulfide) groups is 1. The number of carbonyl (C=O) groups excluding carboxylic acids is 1. The molecule has 0 spiro atoms. The summed E-state index contributed by atoms with van der Waals surface area (Å²) in [5, 5.41) is 5.24. The number of thiophene rings is 1. The van der Waals surface area contributed by atoms with Crippen LogP contribution >= 0.6 is 23.1 Å². The number of hydrogen-bond acceptors (Lipinski definition) is 4. The van der Waals surface area contributed by atoms with Crippen LogP contribution in [0.15, 0.2) is 70.9 Å². The highest BCUT2D eigenvalue weighted by Crippen LogP contribution is 2.28. The molecular weight excluding hydrogens is 396 g/mol. The van der Waals surface area contributed by atoms with Crippen LogP contribution in [0, 0.1) is 0 Å². The van der Waals surface area contributed by atoms with Crippen molar-refractivity contribution in [3.8, 4) is 0 Å². The molecule has 2 aromatic carbocycles. The van der Waals surface area contributed by atoms with Crippen molar-refractivity contribution < 1.29 is 4.79 Å².